The van der Waals surface area contributed by atoms with Crippen molar-refractivity contribution in [2.24, 2.45) is 0 Å². The van der Waals surface area contributed by atoms with E-state index in [0.29, 0.717) is 10.3 Å². The SMILES string of the molecule is CCCc1ccc(S(=O)(=O)N(c2ccnn2CC)S(=O)(=O)c2ccc(CCC)cc2)cc1. The molecule has 9 heteroatoms. The predicted molar refractivity (Wildman–Crippen MR) is 126 cm³/mol. The smallest absolute Gasteiger partial charge is 0.248 e. The summed E-state index contributed by atoms with van der Waals surface area (Å²) in [5.74, 6) is -0.0252. The molecule has 2 aromatic carbocycles. The van der Waals surface area contributed by atoms with Gasteiger partial charge in [0.15, 0.2) is 5.82 Å². The molecule has 3 aromatic rings. The summed E-state index contributed by atoms with van der Waals surface area (Å²) in [5.41, 5.74) is 1.98. The molecule has 0 saturated carbocycles. The molecular formula is C23H29N3O4S2. The van der Waals surface area contributed by atoms with Crippen LogP contribution in [0.5, 0.6) is 0 Å². The molecule has 0 atom stereocenters. The monoisotopic (exact) mass is 475 g/mol. The van der Waals surface area contributed by atoms with Crippen LogP contribution < -0.4 is 3.71 Å². The Morgan fingerprint density at radius 2 is 1.16 bits per heavy atom. The van der Waals surface area contributed by atoms with Crippen LogP contribution in [0.25, 0.3) is 0 Å². The fourth-order valence-electron chi connectivity index (χ4n) is 3.52. The van der Waals surface area contributed by atoms with E-state index in [1.54, 1.807) is 31.2 Å². The lowest BCUT2D eigenvalue weighted by Crippen LogP contribution is -2.38. The molecule has 0 unspecified atom stereocenters. The average molecular weight is 476 g/mol. The van der Waals surface area contributed by atoms with Gasteiger partial charge in [-0.3, -0.25) is 0 Å². The molecule has 0 saturated heterocycles. The van der Waals surface area contributed by atoms with Crippen molar-refractivity contribution in [2.75, 3.05) is 3.71 Å². The summed E-state index contributed by atoms with van der Waals surface area (Å²) >= 11 is 0. The van der Waals surface area contributed by atoms with E-state index in [1.807, 2.05) is 13.8 Å². The van der Waals surface area contributed by atoms with Crippen LogP contribution in [-0.2, 0) is 39.4 Å². The van der Waals surface area contributed by atoms with Crippen LogP contribution in [0.4, 0.5) is 5.82 Å². The molecule has 0 bridgehead atoms. The highest BCUT2D eigenvalue weighted by molar-refractivity contribution is 8.10. The Labute approximate surface area is 190 Å². The number of benzene rings is 2. The molecule has 172 valence electrons. The van der Waals surface area contributed by atoms with Gasteiger partial charge in [-0.15, -0.1) is 3.71 Å². The molecule has 0 radical (unpaired) electrons. The van der Waals surface area contributed by atoms with E-state index in [4.69, 9.17) is 0 Å². The van der Waals surface area contributed by atoms with Crippen LogP contribution >= 0.6 is 0 Å². The van der Waals surface area contributed by atoms with Crippen molar-refractivity contribution in [3.8, 4) is 0 Å². The topological polar surface area (TPSA) is 89.3 Å². The van der Waals surface area contributed by atoms with E-state index >= 15 is 0 Å². The zero-order chi connectivity index (χ0) is 23.4. The predicted octanol–water partition coefficient (Wildman–Crippen LogP) is 4.39. The lowest BCUT2D eigenvalue weighted by atomic mass is 10.1. The number of hydrogen-bond donors (Lipinski definition) is 0. The van der Waals surface area contributed by atoms with Gasteiger partial charge in [-0.2, -0.15) is 21.9 Å². The first-order chi connectivity index (χ1) is 15.2. The second-order valence-electron chi connectivity index (χ2n) is 7.50. The maximum absolute atomic E-state index is 13.7. The first-order valence-electron chi connectivity index (χ1n) is 10.8. The van der Waals surface area contributed by atoms with Crippen molar-refractivity contribution < 1.29 is 16.8 Å². The molecule has 32 heavy (non-hydrogen) atoms. The Hall–Kier alpha value is -2.65. The number of aryl methyl sites for hydroxylation is 3. The van der Waals surface area contributed by atoms with Crippen LogP contribution in [0, 0.1) is 0 Å². The molecule has 0 aliphatic carbocycles. The standard InChI is InChI=1S/C23H29N3O4S2/c1-4-7-19-9-13-21(14-10-19)31(27,28)26(23-17-18-24-25(23)6-3)32(29,30)22-15-11-20(8-5-2)12-16-22/h9-18H,4-8H2,1-3H3. The largest absolute Gasteiger partial charge is 0.278 e. The van der Waals surface area contributed by atoms with Gasteiger partial charge < -0.3 is 0 Å². The fourth-order valence-corrected chi connectivity index (χ4v) is 7.22. The zero-order valence-corrected chi connectivity index (χ0v) is 20.2. The fraction of sp³-hybridized carbons (Fsp3) is 0.348. The van der Waals surface area contributed by atoms with Crippen molar-refractivity contribution >= 4 is 25.9 Å². The minimum atomic E-state index is -4.43. The maximum atomic E-state index is 13.7. The van der Waals surface area contributed by atoms with Gasteiger partial charge in [0.05, 0.1) is 16.0 Å². The Morgan fingerprint density at radius 1 is 0.719 bits per heavy atom. The Bertz CT molecular complexity index is 1170. The summed E-state index contributed by atoms with van der Waals surface area (Å²) in [6.07, 6.45) is 4.88. The number of rotatable bonds is 10. The summed E-state index contributed by atoms with van der Waals surface area (Å²) in [7, 11) is -8.86. The molecule has 0 spiro atoms. The second kappa shape index (κ2) is 9.87. The summed E-state index contributed by atoms with van der Waals surface area (Å²) in [4.78, 5) is -0.181. The number of sulfonamides is 2. The summed E-state index contributed by atoms with van der Waals surface area (Å²) in [5, 5.41) is 4.09. The van der Waals surface area contributed by atoms with Crippen molar-refractivity contribution in [1.29, 1.82) is 0 Å². The highest BCUT2D eigenvalue weighted by atomic mass is 32.3. The van der Waals surface area contributed by atoms with E-state index < -0.39 is 20.0 Å². The van der Waals surface area contributed by atoms with Gasteiger partial charge in [0, 0.05) is 12.6 Å². The molecule has 0 amide bonds. The van der Waals surface area contributed by atoms with E-state index in [9.17, 15) is 16.8 Å². The Balaban J connectivity index is 2.16. The van der Waals surface area contributed by atoms with E-state index in [2.05, 4.69) is 5.10 Å². The van der Waals surface area contributed by atoms with Crippen LogP contribution in [0.2, 0.25) is 0 Å². The molecule has 0 fully saturated rings. The Kier molecular flexibility index (Phi) is 7.40. The van der Waals surface area contributed by atoms with Crippen molar-refractivity contribution in [1.82, 2.24) is 9.78 Å². The van der Waals surface area contributed by atoms with Gasteiger partial charge in [-0.1, -0.05) is 51.0 Å². The minimum absolute atomic E-state index is 0.0252. The van der Waals surface area contributed by atoms with Crippen molar-refractivity contribution in [3.63, 3.8) is 0 Å². The van der Waals surface area contributed by atoms with Crippen LogP contribution in [0.3, 0.4) is 0 Å². The van der Waals surface area contributed by atoms with Crippen molar-refractivity contribution in [3.05, 3.63) is 71.9 Å². The van der Waals surface area contributed by atoms with Crippen LogP contribution in [0.1, 0.15) is 44.7 Å². The molecule has 3 rings (SSSR count). The number of anilines is 1. The first kappa shape index (κ1) is 24.0. The highest BCUT2D eigenvalue weighted by Gasteiger charge is 2.38. The molecule has 1 aromatic heterocycles. The lowest BCUT2D eigenvalue weighted by molar-refractivity contribution is 0.579. The van der Waals surface area contributed by atoms with Gasteiger partial charge in [-0.25, -0.2) is 4.68 Å². The second-order valence-corrected chi connectivity index (χ2v) is 11.3. The van der Waals surface area contributed by atoms with Gasteiger partial charge in [0.1, 0.15) is 0 Å². The van der Waals surface area contributed by atoms with Gasteiger partial charge in [0.25, 0.3) is 20.0 Å². The third-order valence-corrected chi connectivity index (χ3v) is 9.30. The first-order valence-corrected chi connectivity index (χ1v) is 13.6. The molecule has 7 nitrogen and oxygen atoms in total. The third-order valence-electron chi connectivity index (χ3n) is 5.14. The number of nitrogens with zero attached hydrogens (tertiary/aromatic N) is 3. The summed E-state index contributed by atoms with van der Waals surface area (Å²) in [6, 6.07) is 14.1. The minimum Gasteiger partial charge on any atom is -0.248 e. The van der Waals surface area contributed by atoms with Crippen LogP contribution in [-0.4, -0.2) is 26.6 Å². The molecule has 0 aliphatic heterocycles. The number of hydrogen-bond acceptors (Lipinski definition) is 5. The summed E-state index contributed by atoms with van der Waals surface area (Å²) < 4.78 is 56.5. The quantitative estimate of drug-likeness (QED) is 0.434. The molecule has 0 aliphatic rings. The van der Waals surface area contributed by atoms with Crippen LogP contribution in [0.15, 0.2) is 70.6 Å². The average Bonchev–Trinajstić information content (AvgIpc) is 3.22. The maximum Gasteiger partial charge on any atom is 0.278 e. The zero-order valence-electron chi connectivity index (χ0n) is 18.6. The third kappa shape index (κ3) is 4.73. The van der Waals surface area contributed by atoms with Gasteiger partial charge >= 0.3 is 0 Å². The normalized spacial score (nSPS) is 12.1. The van der Waals surface area contributed by atoms with E-state index in [1.165, 1.54) is 41.2 Å². The molecular weight excluding hydrogens is 446 g/mol. The highest BCUT2D eigenvalue weighted by Crippen LogP contribution is 2.31. The van der Waals surface area contributed by atoms with E-state index in [0.717, 1.165) is 36.8 Å². The van der Waals surface area contributed by atoms with Crippen molar-refractivity contribution in [2.45, 2.75) is 62.8 Å². The number of aromatic nitrogens is 2. The van der Waals surface area contributed by atoms with E-state index in [-0.39, 0.29) is 15.6 Å². The molecule has 1 heterocycles. The van der Waals surface area contributed by atoms with Gasteiger partial charge in [-0.05, 0) is 55.2 Å². The Morgan fingerprint density at radius 3 is 1.53 bits per heavy atom. The molecule has 0 N–H and O–H groups in total. The lowest BCUT2D eigenvalue weighted by Gasteiger charge is -2.24. The summed E-state index contributed by atoms with van der Waals surface area (Å²) in [6.45, 7) is 6.16. The van der Waals surface area contributed by atoms with Gasteiger partial charge in [0.2, 0.25) is 0 Å².